The first kappa shape index (κ1) is 14.2. The Kier molecular flexibility index (Phi) is 6.22. The van der Waals surface area contributed by atoms with Gasteiger partial charge in [-0.3, -0.25) is 0 Å². The topological polar surface area (TPSA) is 39.1 Å². The average Bonchev–Trinajstić information content (AvgIpc) is 2.73. The van der Waals surface area contributed by atoms with Gasteiger partial charge in [0.1, 0.15) is 5.82 Å². The molecule has 0 fully saturated rings. The van der Waals surface area contributed by atoms with Gasteiger partial charge in [0.05, 0.1) is 12.6 Å². The molecule has 98 valence electrons. The molecule has 0 aliphatic carbocycles. The molecule has 0 saturated carbocycles. The Bertz CT molecular complexity index is 309. The lowest BCUT2D eigenvalue weighted by atomic mass is 10.2. The van der Waals surface area contributed by atoms with E-state index in [2.05, 4.69) is 41.8 Å². The van der Waals surface area contributed by atoms with Crippen LogP contribution in [0.4, 0.5) is 0 Å². The van der Waals surface area contributed by atoms with Gasteiger partial charge in [-0.25, -0.2) is 4.98 Å². The standard InChI is InChI=1S/C13H25N3O/c1-5-6-13-14-7-8-16(13)12(10-17-4)9-15-11(2)3/h7-8,11-12,15H,5-6,9-10H2,1-4H3. The number of imidazole rings is 1. The monoisotopic (exact) mass is 239 g/mol. The van der Waals surface area contributed by atoms with Crippen molar-refractivity contribution in [2.24, 2.45) is 0 Å². The largest absolute Gasteiger partial charge is 0.382 e. The molecule has 0 spiro atoms. The van der Waals surface area contributed by atoms with Crippen molar-refractivity contribution < 1.29 is 4.74 Å². The van der Waals surface area contributed by atoms with E-state index in [0.717, 1.165) is 25.2 Å². The van der Waals surface area contributed by atoms with Crippen molar-refractivity contribution in [3.63, 3.8) is 0 Å². The van der Waals surface area contributed by atoms with E-state index in [-0.39, 0.29) is 0 Å². The Morgan fingerprint density at radius 2 is 2.24 bits per heavy atom. The van der Waals surface area contributed by atoms with Crippen LogP contribution in [-0.2, 0) is 11.2 Å². The lowest BCUT2D eigenvalue weighted by Crippen LogP contribution is -2.33. The Morgan fingerprint density at radius 1 is 1.47 bits per heavy atom. The van der Waals surface area contributed by atoms with Crippen LogP contribution in [0.1, 0.15) is 39.1 Å². The highest BCUT2D eigenvalue weighted by Crippen LogP contribution is 2.11. The maximum Gasteiger partial charge on any atom is 0.108 e. The summed E-state index contributed by atoms with van der Waals surface area (Å²) in [6.45, 7) is 8.12. The van der Waals surface area contributed by atoms with E-state index in [4.69, 9.17) is 4.74 Å². The molecule has 0 radical (unpaired) electrons. The summed E-state index contributed by atoms with van der Waals surface area (Å²) in [6.07, 6.45) is 6.07. The highest BCUT2D eigenvalue weighted by Gasteiger charge is 2.14. The molecule has 0 bridgehead atoms. The van der Waals surface area contributed by atoms with Gasteiger partial charge in [-0.05, 0) is 6.42 Å². The summed E-state index contributed by atoms with van der Waals surface area (Å²) in [7, 11) is 1.75. The number of aromatic nitrogens is 2. The highest BCUT2D eigenvalue weighted by atomic mass is 16.5. The average molecular weight is 239 g/mol. The third-order valence-electron chi connectivity index (χ3n) is 2.74. The molecule has 1 rings (SSSR count). The van der Waals surface area contributed by atoms with E-state index in [1.165, 1.54) is 0 Å². The lowest BCUT2D eigenvalue weighted by Gasteiger charge is -2.22. The normalized spacial score (nSPS) is 13.2. The predicted molar refractivity (Wildman–Crippen MR) is 70.3 cm³/mol. The van der Waals surface area contributed by atoms with Crippen LogP contribution in [-0.4, -0.2) is 35.9 Å². The van der Waals surface area contributed by atoms with Gasteiger partial charge in [-0.1, -0.05) is 20.8 Å². The molecule has 1 atom stereocenters. The molecule has 4 nitrogen and oxygen atoms in total. The number of nitrogens with one attached hydrogen (secondary N) is 1. The molecular weight excluding hydrogens is 214 g/mol. The fourth-order valence-corrected chi connectivity index (χ4v) is 1.90. The smallest absolute Gasteiger partial charge is 0.108 e. The second-order valence-corrected chi connectivity index (χ2v) is 4.67. The minimum absolute atomic E-state index is 0.325. The number of rotatable bonds is 8. The predicted octanol–water partition coefficient (Wildman–Crippen LogP) is 2.02. The molecule has 1 unspecified atom stereocenters. The van der Waals surface area contributed by atoms with Crippen molar-refractivity contribution in [1.29, 1.82) is 0 Å². The van der Waals surface area contributed by atoms with Crippen LogP contribution in [0.2, 0.25) is 0 Å². The van der Waals surface area contributed by atoms with E-state index >= 15 is 0 Å². The van der Waals surface area contributed by atoms with Crippen LogP contribution in [0.5, 0.6) is 0 Å². The van der Waals surface area contributed by atoms with Gasteiger partial charge in [0.25, 0.3) is 0 Å². The zero-order valence-corrected chi connectivity index (χ0v) is 11.4. The summed E-state index contributed by atoms with van der Waals surface area (Å²) < 4.78 is 7.54. The first-order valence-corrected chi connectivity index (χ1v) is 6.43. The molecule has 1 N–H and O–H groups in total. The van der Waals surface area contributed by atoms with E-state index in [9.17, 15) is 0 Å². The van der Waals surface area contributed by atoms with Crippen molar-refractivity contribution in [3.05, 3.63) is 18.2 Å². The number of methoxy groups -OCH3 is 1. The van der Waals surface area contributed by atoms with Crippen molar-refractivity contribution in [2.75, 3.05) is 20.3 Å². The second-order valence-electron chi connectivity index (χ2n) is 4.67. The maximum atomic E-state index is 5.30. The number of hydrogen-bond donors (Lipinski definition) is 1. The van der Waals surface area contributed by atoms with Crippen LogP contribution in [0.3, 0.4) is 0 Å². The van der Waals surface area contributed by atoms with Gasteiger partial charge in [-0.2, -0.15) is 0 Å². The van der Waals surface area contributed by atoms with Crippen molar-refractivity contribution in [3.8, 4) is 0 Å². The summed E-state index contributed by atoms with van der Waals surface area (Å²) in [5.74, 6) is 1.15. The summed E-state index contributed by atoms with van der Waals surface area (Å²) in [5.41, 5.74) is 0. The Labute approximate surface area is 104 Å². The zero-order chi connectivity index (χ0) is 12.7. The molecule has 0 amide bonds. The first-order valence-electron chi connectivity index (χ1n) is 6.43. The number of nitrogens with zero attached hydrogens (tertiary/aromatic N) is 2. The fourth-order valence-electron chi connectivity index (χ4n) is 1.90. The van der Waals surface area contributed by atoms with Crippen LogP contribution in [0, 0.1) is 0 Å². The van der Waals surface area contributed by atoms with Crippen molar-refractivity contribution in [1.82, 2.24) is 14.9 Å². The molecule has 0 aromatic carbocycles. The summed E-state index contributed by atoms with van der Waals surface area (Å²) in [5, 5.41) is 3.46. The van der Waals surface area contributed by atoms with Gasteiger partial charge in [0.15, 0.2) is 0 Å². The fraction of sp³-hybridized carbons (Fsp3) is 0.769. The molecule has 0 aliphatic rings. The van der Waals surface area contributed by atoms with E-state index in [0.29, 0.717) is 18.7 Å². The summed E-state index contributed by atoms with van der Waals surface area (Å²) in [6, 6.07) is 0.818. The molecule has 1 heterocycles. The highest BCUT2D eigenvalue weighted by molar-refractivity contribution is 4.96. The van der Waals surface area contributed by atoms with Gasteiger partial charge < -0.3 is 14.6 Å². The van der Waals surface area contributed by atoms with Gasteiger partial charge in [0, 0.05) is 38.5 Å². The second kappa shape index (κ2) is 7.45. The minimum atomic E-state index is 0.325. The van der Waals surface area contributed by atoms with Gasteiger partial charge in [-0.15, -0.1) is 0 Å². The molecule has 0 saturated heterocycles. The van der Waals surface area contributed by atoms with E-state index in [1.54, 1.807) is 7.11 Å². The van der Waals surface area contributed by atoms with Gasteiger partial charge in [0.2, 0.25) is 0 Å². The van der Waals surface area contributed by atoms with Gasteiger partial charge >= 0.3 is 0 Å². The number of hydrogen-bond acceptors (Lipinski definition) is 3. The zero-order valence-electron chi connectivity index (χ0n) is 11.4. The maximum absolute atomic E-state index is 5.30. The molecular formula is C13H25N3O. The van der Waals surface area contributed by atoms with E-state index in [1.807, 2.05) is 6.20 Å². The van der Waals surface area contributed by atoms with Crippen LogP contribution < -0.4 is 5.32 Å². The molecule has 1 aromatic rings. The molecule has 4 heteroatoms. The molecule has 0 aliphatic heterocycles. The van der Waals surface area contributed by atoms with Crippen molar-refractivity contribution >= 4 is 0 Å². The van der Waals surface area contributed by atoms with E-state index < -0.39 is 0 Å². The summed E-state index contributed by atoms with van der Waals surface area (Å²) in [4.78, 5) is 4.42. The first-order chi connectivity index (χ1) is 8.19. The quantitative estimate of drug-likeness (QED) is 0.754. The Morgan fingerprint density at radius 3 is 2.82 bits per heavy atom. The summed E-state index contributed by atoms with van der Waals surface area (Å²) >= 11 is 0. The van der Waals surface area contributed by atoms with Crippen LogP contribution in [0.25, 0.3) is 0 Å². The third-order valence-corrected chi connectivity index (χ3v) is 2.74. The Balaban J connectivity index is 2.70. The minimum Gasteiger partial charge on any atom is -0.382 e. The van der Waals surface area contributed by atoms with Crippen LogP contribution in [0.15, 0.2) is 12.4 Å². The Hall–Kier alpha value is -0.870. The number of ether oxygens (including phenoxy) is 1. The van der Waals surface area contributed by atoms with Crippen molar-refractivity contribution in [2.45, 2.75) is 45.7 Å². The molecule has 17 heavy (non-hydrogen) atoms. The van der Waals surface area contributed by atoms with Crippen LogP contribution >= 0.6 is 0 Å². The SMILES string of the molecule is CCCc1nccn1C(CNC(C)C)COC. The third kappa shape index (κ3) is 4.48. The molecule has 1 aromatic heterocycles. The lowest BCUT2D eigenvalue weighted by molar-refractivity contribution is 0.151. The number of aryl methyl sites for hydroxylation is 1.